The molecule has 2 aliphatic carbocycles. The summed E-state index contributed by atoms with van der Waals surface area (Å²) in [5.41, 5.74) is 3.71. The third-order valence-corrected chi connectivity index (χ3v) is 7.61. The summed E-state index contributed by atoms with van der Waals surface area (Å²) in [5.74, 6) is 1.87. The van der Waals surface area contributed by atoms with Crippen molar-refractivity contribution in [2.24, 2.45) is 16.7 Å². The van der Waals surface area contributed by atoms with Gasteiger partial charge in [-0.25, -0.2) is 0 Å². The van der Waals surface area contributed by atoms with Crippen LogP contribution in [0.2, 0.25) is 0 Å². The molecule has 1 aromatic carbocycles. The lowest BCUT2D eigenvalue weighted by Crippen LogP contribution is -2.46. The molecule has 0 spiro atoms. The smallest absolute Gasteiger partial charge is 0.119 e. The van der Waals surface area contributed by atoms with Crippen LogP contribution in [-0.4, -0.2) is 32.8 Å². The molecule has 2 fully saturated rings. The highest BCUT2D eigenvalue weighted by Crippen LogP contribution is 2.65. The van der Waals surface area contributed by atoms with Gasteiger partial charge in [-0.2, -0.15) is 0 Å². The number of hydrogen-bond donors (Lipinski definition) is 2. The summed E-state index contributed by atoms with van der Waals surface area (Å²) < 4.78 is 5.33. The molecule has 140 valence electrons. The van der Waals surface area contributed by atoms with Crippen LogP contribution in [0.1, 0.15) is 51.2 Å². The minimum Gasteiger partial charge on any atom is -0.497 e. The van der Waals surface area contributed by atoms with Gasteiger partial charge in [0, 0.05) is 19.1 Å². The third-order valence-electron chi connectivity index (χ3n) is 7.61. The van der Waals surface area contributed by atoms with Gasteiger partial charge in [0.05, 0.1) is 7.11 Å². The maximum atomic E-state index is 5.33. The van der Waals surface area contributed by atoms with Crippen LogP contribution >= 0.6 is 0 Å². The Kier molecular flexibility index (Phi) is 5.45. The van der Waals surface area contributed by atoms with E-state index in [-0.39, 0.29) is 0 Å². The summed E-state index contributed by atoms with van der Waals surface area (Å²) >= 11 is 0. The molecule has 0 radical (unpaired) electrons. The summed E-state index contributed by atoms with van der Waals surface area (Å²) in [7, 11) is 1.73. The highest BCUT2D eigenvalue weighted by atomic mass is 16.5. The number of rotatable bonds is 8. The van der Waals surface area contributed by atoms with E-state index < -0.39 is 0 Å². The van der Waals surface area contributed by atoms with Crippen molar-refractivity contribution in [1.82, 2.24) is 10.6 Å². The number of nitrogens with one attached hydrogen (secondary N) is 2. The van der Waals surface area contributed by atoms with Crippen LogP contribution < -0.4 is 15.4 Å². The topological polar surface area (TPSA) is 33.3 Å². The zero-order chi connectivity index (χ0) is 18.1. The maximum absolute atomic E-state index is 5.33. The van der Waals surface area contributed by atoms with Crippen molar-refractivity contribution in [3.63, 3.8) is 0 Å². The van der Waals surface area contributed by atoms with E-state index in [4.69, 9.17) is 4.74 Å². The number of hydrogen-bond acceptors (Lipinski definition) is 3. The molecule has 2 saturated carbocycles. The zero-order valence-electron chi connectivity index (χ0n) is 16.7. The van der Waals surface area contributed by atoms with Crippen LogP contribution in [-0.2, 0) is 6.42 Å². The van der Waals surface area contributed by atoms with Crippen molar-refractivity contribution >= 4 is 0 Å². The molecule has 1 aromatic rings. The molecule has 2 bridgehead atoms. The minimum atomic E-state index is 0.482. The molecule has 3 atom stereocenters. The minimum absolute atomic E-state index is 0.482. The Morgan fingerprint density at radius 2 is 1.96 bits per heavy atom. The van der Waals surface area contributed by atoms with E-state index in [1.54, 1.807) is 7.11 Å². The van der Waals surface area contributed by atoms with E-state index in [9.17, 15) is 0 Å². The number of methoxy groups -OCH3 is 1. The third kappa shape index (κ3) is 3.46. The first-order valence-corrected chi connectivity index (χ1v) is 9.96. The van der Waals surface area contributed by atoms with Crippen LogP contribution in [0.25, 0.3) is 0 Å². The van der Waals surface area contributed by atoms with E-state index >= 15 is 0 Å². The predicted molar refractivity (Wildman–Crippen MR) is 105 cm³/mol. The summed E-state index contributed by atoms with van der Waals surface area (Å²) in [6.07, 6.45) is 5.25. The van der Waals surface area contributed by atoms with Crippen LogP contribution in [0.3, 0.4) is 0 Å². The summed E-state index contributed by atoms with van der Waals surface area (Å²) in [6.45, 7) is 12.8. The number of benzene rings is 1. The highest BCUT2D eigenvalue weighted by molar-refractivity contribution is 5.35. The quantitative estimate of drug-likeness (QED) is 0.701. The van der Waals surface area contributed by atoms with Crippen LogP contribution in [0.4, 0.5) is 0 Å². The fraction of sp³-hybridized carbons (Fsp3) is 0.727. The number of ether oxygens (including phenoxy) is 1. The van der Waals surface area contributed by atoms with E-state index in [0.29, 0.717) is 16.9 Å². The van der Waals surface area contributed by atoms with E-state index in [0.717, 1.165) is 37.7 Å². The Morgan fingerprint density at radius 3 is 2.60 bits per heavy atom. The van der Waals surface area contributed by atoms with Crippen LogP contribution in [0.5, 0.6) is 5.75 Å². The van der Waals surface area contributed by atoms with Gasteiger partial charge in [-0.05, 0) is 79.2 Å². The van der Waals surface area contributed by atoms with Gasteiger partial charge in [-0.3, -0.25) is 0 Å². The molecule has 2 N–H and O–H groups in total. The van der Waals surface area contributed by atoms with Crippen molar-refractivity contribution in [1.29, 1.82) is 0 Å². The average molecular weight is 345 g/mol. The lowest BCUT2D eigenvalue weighted by Gasteiger charge is -2.39. The molecule has 0 amide bonds. The van der Waals surface area contributed by atoms with E-state index in [1.165, 1.54) is 30.4 Å². The highest BCUT2D eigenvalue weighted by Gasteiger charge is 2.60. The van der Waals surface area contributed by atoms with Crippen molar-refractivity contribution in [3.05, 3.63) is 29.3 Å². The second kappa shape index (κ2) is 7.28. The Labute approximate surface area is 153 Å². The number of aryl methyl sites for hydroxylation is 1. The van der Waals surface area contributed by atoms with Gasteiger partial charge in [0.1, 0.15) is 5.75 Å². The van der Waals surface area contributed by atoms with Crippen molar-refractivity contribution in [2.75, 3.05) is 26.7 Å². The normalized spacial score (nSPS) is 30.0. The SMILES string of the molecule is COc1ccc(C)c(CCNCCNC2CC3CCC2(C)C3(C)C)c1. The first-order chi connectivity index (χ1) is 11.9. The fourth-order valence-corrected chi connectivity index (χ4v) is 5.24. The number of fused-ring (bicyclic) bond motifs is 2. The monoisotopic (exact) mass is 344 g/mol. The Hall–Kier alpha value is -1.06. The molecular weight excluding hydrogens is 308 g/mol. The average Bonchev–Trinajstić information content (AvgIpc) is 2.92. The van der Waals surface area contributed by atoms with Crippen molar-refractivity contribution < 1.29 is 4.74 Å². The van der Waals surface area contributed by atoms with Gasteiger partial charge in [0.25, 0.3) is 0 Å². The zero-order valence-corrected chi connectivity index (χ0v) is 16.7. The fourth-order valence-electron chi connectivity index (χ4n) is 5.24. The Bertz CT molecular complexity index is 598. The van der Waals surface area contributed by atoms with Crippen LogP contribution in [0, 0.1) is 23.7 Å². The van der Waals surface area contributed by atoms with Gasteiger partial charge < -0.3 is 15.4 Å². The lowest BCUT2D eigenvalue weighted by atomic mass is 9.69. The molecule has 0 aliphatic heterocycles. The molecule has 0 heterocycles. The first-order valence-electron chi connectivity index (χ1n) is 9.96. The molecular formula is C22H36N2O. The molecule has 3 nitrogen and oxygen atoms in total. The molecule has 3 unspecified atom stereocenters. The second-order valence-electron chi connectivity index (χ2n) is 8.91. The van der Waals surface area contributed by atoms with Gasteiger partial charge >= 0.3 is 0 Å². The van der Waals surface area contributed by atoms with Crippen molar-refractivity contribution in [2.45, 2.75) is 59.4 Å². The summed E-state index contributed by atoms with van der Waals surface area (Å²) in [5, 5.41) is 7.45. The summed E-state index contributed by atoms with van der Waals surface area (Å²) in [6, 6.07) is 7.04. The van der Waals surface area contributed by atoms with E-state index in [1.807, 2.05) is 6.07 Å². The molecule has 2 aliphatic rings. The summed E-state index contributed by atoms with van der Waals surface area (Å²) in [4.78, 5) is 0. The Morgan fingerprint density at radius 1 is 1.16 bits per heavy atom. The van der Waals surface area contributed by atoms with E-state index in [2.05, 4.69) is 50.5 Å². The molecule has 25 heavy (non-hydrogen) atoms. The van der Waals surface area contributed by atoms with Gasteiger partial charge in [-0.1, -0.05) is 26.8 Å². The standard InChI is InChI=1S/C22H36N2O/c1-16-6-7-19(25-5)14-17(16)9-11-23-12-13-24-20-15-18-8-10-22(20,4)21(18,2)3/h6-7,14,18,20,23-24H,8-13,15H2,1-5H3. The lowest BCUT2D eigenvalue weighted by molar-refractivity contribution is 0.121. The van der Waals surface area contributed by atoms with Crippen molar-refractivity contribution in [3.8, 4) is 5.75 Å². The van der Waals surface area contributed by atoms with Gasteiger partial charge in [0.2, 0.25) is 0 Å². The first kappa shape index (κ1) is 18.7. The Balaban J connectivity index is 1.38. The van der Waals surface area contributed by atoms with Gasteiger partial charge in [-0.15, -0.1) is 0 Å². The largest absolute Gasteiger partial charge is 0.497 e. The molecule has 0 saturated heterocycles. The maximum Gasteiger partial charge on any atom is 0.119 e. The molecule has 0 aromatic heterocycles. The molecule has 3 heteroatoms. The molecule has 3 rings (SSSR count). The second-order valence-corrected chi connectivity index (χ2v) is 8.91. The predicted octanol–water partition coefficient (Wildman–Crippen LogP) is 3.94. The van der Waals surface area contributed by atoms with Gasteiger partial charge in [0.15, 0.2) is 0 Å². The van der Waals surface area contributed by atoms with Crippen LogP contribution in [0.15, 0.2) is 18.2 Å².